The van der Waals surface area contributed by atoms with Crippen LogP contribution in [-0.4, -0.2) is 57.2 Å². The minimum atomic E-state index is 0. The molecule has 0 aliphatic carbocycles. The molecule has 6 heteroatoms. The fourth-order valence-corrected chi connectivity index (χ4v) is 3.80. The van der Waals surface area contributed by atoms with Gasteiger partial charge in [-0.1, -0.05) is 26.0 Å². The molecule has 0 radical (unpaired) electrons. The number of nitrogens with zero attached hydrogens (tertiary/aromatic N) is 3. The van der Waals surface area contributed by atoms with Crippen LogP contribution in [0.2, 0.25) is 0 Å². The van der Waals surface area contributed by atoms with E-state index in [-0.39, 0.29) is 24.0 Å². The summed E-state index contributed by atoms with van der Waals surface area (Å²) in [5.74, 6) is 0.889. The van der Waals surface area contributed by atoms with Crippen LogP contribution in [0.3, 0.4) is 0 Å². The number of nitrogens with one attached hydrogen (secondary N) is 2. The fraction of sp³-hybridized carbons (Fsp3) is 0.682. The third-order valence-corrected chi connectivity index (χ3v) is 5.57. The minimum absolute atomic E-state index is 0. The highest BCUT2D eigenvalue weighted by atomic mass is 127. The molecular formula is C22H40IN5. The predicted octanol–water partition coefficient (Wildman–Crippen LogP) is 3.86. The number of halogens is 1. The summed E-state index contributed by atoms with van der Waals surface area (Å²) in [6, 6.07) is 7.26. The van der Waals surface area contributed by atoms with E-state index in [4.69, 9.17) is 0 Å². The molecular weight excluding hydrogens is 461 g/mol. The summed E-state index contributed by atoms with van der Waals surface area (Å²) >= 11 is 0. The molecule has 5 nitrogen and oxygen atoms in total. The lowest BCUT2D eigenvalue weighted by atomic mass is 9.99. The monoisotopic (exact) mass is 501 g/mol. The Kier molecular flexibility index (Phi) is 11.8. The van der Waals surface area contributed by atoms with Crippen LogP contribution in [0.4, 0.5) is 5.69 Å². The number of anilines is 1. The number of aliphatic imine (C=N–C) groups is 1. The molecule has 1 unspecified atom stereocenters. The van der Waals surface area contributed by atoms with Crippen molar-refractivity contribution in [1.82, 2.24) is 15.5 Å². The average Bonchev–Trinajstić information content (AvgIpc) is 2.68. The Balaban J connectivity index is 0.00000392. The smallest absolute Gasteiger partial charge is 0.191 e. The Labute approximate surface area is 189 Å². The van der Waals surface area contributed by atoms with Crippen molar-refractivity contribution in [2.24, 2.45) is 4.99 Å². The Morgan fingerprint density at radius 3 is 2.71 bits per heavy atom. The van der Waals surface area contributed by atoms with Crippen molar-refractivity contribution in [1.29, 1.82) is 0 Å². The van der Waals surface area contributed by atoms with Crippen molar-refractivity contribution in [3.05, 3.63) is 29.3 Å². The lowest BCUT2D eigenvalue weighted by Gasteiger charge is -2.28. The molecule has 0 spiro atoms. The average molecular weight is 502 g/mol. The summed E-state index contributed by atoms with van der Waals surface area (Å²) in [6.07, 6.45) is 4.80. The van der Waals surface area contributed by atoms with E-state index in [0.29, 0.717) is 6.04 Å². The van der Waals surface area contributed by atoms with Crippen LogP contribution < -0.4 is 15.5 Å². The second kappa shape index (κ2) is 13.2. The van der Waals surface area contributed by atoms with Gasteiger partial charge in [0.1, 0.15) is 0 Å². The lowest BCUT2D eigenvalue weighted by Crippen LogP contribution is -2.42. The molecule has 1 aromatic carbocycles. The summed E-state index contributed by atoms with van der Waals surface area (Å²) in [5.41, 5.74) is 4.17. The third-order valence-electron chi connectivity index (χ3n) is 5.57. The van der Waals surface area contributed by atoms with Gasteiger partial charge in [-0.15, -0.1) is 24.0 Å². The van der Waals surface area contributed by atoms with Gasteiger partial charge in [-0.2, -0.15) is 0 Å². The van der Waals surface area contributed by atoms with Gasteiger partial charge >= 0.3 is 0 Å². The standard InChI is InChI=1S/C22H39N5.HI/c1-6-27(7-2)15-8-10-18(3)25-22(23-4)24-17-19-12-13-21-20(16-19)11-9-14-26(21)5;/h12-13,16,18H,6-11,14-15,17H2,1-5H3,(H2,23,24,25);1H. The summed E-state index contributed by atoms with van der Waals surface area (Å²) in [5, 5.41) is 7.00. The number of benzene rings is 1. The highest BCUT2D eigenvalue weighted by molar-refractivity contribution is 14.0. The van der Waals surface area contributed by atoms with Crippen molar-refractivity contribution in [2.45, 2.75) is 59.0 Å². The molecule has 1 atom stereocenters. The van der Waals surface area contributed by atoms with Crippen LogP contribution in [0.25, 0.3) is 0 Å². The van der Waals surface area contributed by atoms with Crippen LogP contribution >= 0.6 is 24.0 Å². The van der Waals surface area contributed by atoms with Gasteiger partial charge in [0, 0.05) is 38.9 Å². The van der Waals surface area contributed by atoms with Gasteiger partial charge in [-0.05, 0) is 69.4 Å². The van der Waals surface area contributed by atoms with E-state index < -0.39 is 0 Å². The van der Waals surface area contributed by atoms with Gasteiger partial charge in [0.2, 0.25) is 0 Å². The van der Waals surface area contributed by atoms with Crippen molar-refractivity contribution >= 4 is 35.6 Å². The molecule has 2 N–H and O–H groups in total. The zero-order valence-corrected chi connectivity index (χ0v) is 20.8. The maximum Gasteiger partial charge on any atom is 0.191 e. The number of hydrogen-bond donors (Lipinski definition) is 2. The SMILES string of the molecule is CCN(CC)CCCC(C)NC(=NC)NCc1ccc2c(c1)CCCN2C.I. The van der Waals surface area contributed by atoms with Gasteiger partial charge in [0.15, 0.2) is 5.96 Å². The molecule has 1 aliphatic rings. The van der Waals surface area contributed by atoms with Gasteiger partial charge in [-0.25, -0.2) is 0 Å². The zero-order valence-electron chi connectivity index (χ0n) is 18.4. The highest BCUT2D eigenvalue weighted by Gasteiger charge is 2.14. The van der Waals surface area contributed by atoms with Crippen LogP contribution in [0, 0.1) is 0 Å². The van der Waals surface area contributed by atoms with E-state index in [1.165, 1.54) is 42.6 Å². The van der Waals surface area contributed by atoms with Gasteiger partial charge in [-0.3, -0.25) is 4.99 Å². The number of fused-ring (bicyclic) bond motifs is 1. The molecule has 0 amide bonds. The highest BCUT2D eigenvalue weighted by Crippen LogP contribution is 2.26. The number of rotatable bonds is 9. The molecule has 2 rings (SSSR count). The van der Waals surface area contributed by atoms with Crippen molar-refractivity contribution in [3.63, 3.8) is 0 Å². The quantitative estimate of drug-likeness (QED) is 0.307. The van der Waals surface area contributed by atoms with Crippen LogP contribution in [-0.2, 0) is 13.0 Å². The molecule has 0 aromatic heterocycles. The van der Waals surface area contributed by atoms with Crippen LogP contribution in [0.5, 0.6) is 0 Å². The largest absolute Gasteiger partial charge is 0.374 e. The summed E-state index contributed by atoms with van der Waals surface area (Å²) < 4.78 is 0. The maximum absolute atomic E-state index is 4.39. The first-order valence-electron chi connectivity index (χ1n) is 10.6. The van der Waals surface area contributed by atoms with Crippen molar-refractivity contribution in [3.8, 4) is 0 Å². The first-order chi connectivity index (χ1) is 13.1. The first kappa shape index (κ1) is 25.0. The fourth-order valence-electron chi connectivity index (χ4n) is 3.80. The van der Waals surface area contributed by atoms with Gasteiger partial charge < -0.3 is 20.4 Å². The summed E-state index contributed by atoms with van der Waals surface area (Å²) in [7, 11) is 4.03. The molecule has 28 heavy (non-hydrogen) atoms. The second-order valence-electron chi connectivity index (χ2n) is 7.63. The van der Waals surface area contributed by atoms with Gasteiger partial charge in [0.25, 0.3) is 0 Å². The molecule has 160 valence electrons. The predicted molar refractivity (Wildman–Crippen MR) is 133 cm³/mol. The molecule has 0 saturated carbocycles. The lowest BCUT2D eigenvalue weighted by molar-refractivity contribution is 0.292. The molecule has 0 fully saturated rings. The van der Waals surface area contributed by atoms with E-state index in [9.17, 15) is 0 Å². The Bertz CT molecular complexity index is 601. The van der Waals surface area contributed by atoms with Crippen molar-refractivity contribution in [2.75, 3.05) is 45.2 Å². The second-order valence-corrected chi connectivity index (χ2v) is 7.63. The molecule has 1 heterocycles. The molecule has 1 aromatic rings. The normalized spacial score (nSPS) is 15.1. The van der Waals surface area contributed by atoms with E-state index in [0.717, 1.165) is 38.6 Å². The van der Waals surface area contributed by atoms with E-state index in [1.807, 2.05) is 7.05 Å². The Hall–Kier alpha value is -1.02. The van der Waals surface area contributed by atoms with E-state index >= 15 is 0 Å². The maximum atomic E-state index is 4.39. The van der Waals surface area contributed by atoms with Crippen molar-refractivity contribution < 1.29 is 0 Å². The Morgan fingerprint density at radius 1 is 1.29 bits per heavy atom. The number of aryl methyl sites for hydroxylation is 1. The topological polar surface area (TPSA) is 42.9 Å². The Morgan fingerprint density at radius 2 is 2.04 bits per heavy atom. The van der Waals surface area contributed by atoms with Crippen LogP contribution in [0.1, 0.15) is 51.2 Å². The third kappa shape index (κ3) is 7.78. The number of guanidine groups is 1. The summed E-state index contributed by atoms with van der Waals surface area (Å²) in [6.45, 7) is 12.1. The zero-order chi connectivity index (χ0) is 19.6. The molecule has 1 aliphatic heterocycles. The minimum Gasteiger partial charge on any atom is -0.374 e. The van der Waals surface area contributed by atoms with E-state index in [1.54, 1.807) is 0 Å². The summed E-state index contributed by atoms with van der Waals surface area (Å²) in [4.78, 5) is 9.23. The van der Waals surface area contributed by atoms with E-state index in [2.05, 4.69) is 71.4 Å². The molecule has 0 bridgehead atoms. The molecule has 0 saturated heterocycles. The first-order valence-corrected chi connectivity index (χ1v) is 10.6. The van der Waals surface area contributed by atoms with Gasteiger partial charge in [0.05, 0.1) is 0 Å². The number of hydrogen-bond acceptors (Lipinski definition) is 3. The van der Waals surface area contributed by atoms with Crippen LogP contribution in [0.15, 0.2) is 23.2 Å².